The Morgan fingerprint density at radius 3 is 3.00 bits per heavy atom. The van der Waals surface area contributed by atoms with Crippen molar-refractivity contribution < 1.29 is 0 Å². The largest absolute Gasteiger partial charge is 0.263 e. The minimum absolute atomic E-state index is 0.872. The molecule has 0 saturated heterocycles. The van der Waals surface area contributed by atoms with Crippen molar-refractivity contribution in [3.8, 4) is 10.7 Å². The van der Waals surface area contributed by atoms with Gasteiger partial charge in [-0.05, 0) is 37.3 Å². The maximum atomic E-state index is 4.49. The lowest BCUT2D eigenvalue weighted by Gasteiger charge is -2.08. The molecule has 0 spiro atoms. The minimum Gasteiger partial charge on any atom is -0.263 e. The van der Waals surface area contributed by atoms with Crippen LogP contribution in [0.5, 0.6) is 0 Å². The fourth-order valence-corrected chi connectivity index (χ4v) is 3.35. The first-order chi connectivity index (χ1) is 7.86. The molecule has 0 aromatic carbocycles. The summed E-state index contributed by atoms with van der Waals surface area (Å²) in [4.78, 5) is 7.26. The summed E-state index contributed by atoms with van der Waals surface area (Å²) in [5.41, 5.74) is 1.52. The van der Waals surface area contributed by atoms with E-state index in [0.717, 1.165) is 18.1 Å². The number of rotatable bonds is 2. The van der Waals surface area contributed by atoms with Gasteiger partial charge >= 0.3 is 0 Å². The maximum absolute atomic E-state index is 4.49. The third-order valence-electron chi connectivity index (χ3n) is 3.08. The molecule has 2 heterocycles. The molecule has 3 nitrogen and oxygen atoms in total. The number of H-pyrrole nitrogens is 1. The van der Waals surface area contributed by atoms with Crippen LogP contribution in [0.15, 0.2) is 6.07 Å². The molecular formula is C12H15N3S. The van der Waals surface area contributed by atoms with Gasteiger partial charge in [0.05, 0.1) is 4.88 Å². The van der Waals surface area contributed by atoms with Gasteiger partial charge in [-0.25, -0.2) is 4.98 Å². The number of nitrogens with one attached hydrogen (secondary N) is 1. The average Bonchev–Trinajstić information content (AvgIpc) is 2.95. The van der Waals surface area contributed by atoms with Crippen molar-refractivity contribution in [2.45, 2.75) is 39.0 Å². The summed E-state index contributed by atoms with van der Waals surface area (Å²) in [7, 11) is 0. The van der Waals surface area contributed by atoms with Crippen LogP contribution in [-0.4, -0.2) is 15.2 Å². The van der Waals surface area contributed by atoms with Crippen molar-refractivity contribution in [1.82, 2.24) is 15.2 Å². The van der Waals surface area contributed by atoms with Crippen LogP contribution in [0.3, 0.4) is 0 Å². The Morgan fingerprint density at radius 2 is 2.25 bits per heavy atom. The van der Waals surface area contributed by atoms with E-state index in [2.05, 4.69) is 28.2 Å². The van der Waals surface area contributed by atoms with Crippen molar-refractivity contribution >= 4 is 11.3 Å². The van der Waals surface area contributed by atoms with Gasteiger partial charge in [0.25, 0.3) is 0 Å². The molecular weight excluding hydrogens is 218 g/mol. The fraction of sp³-hybridized carbons (Fsp3) is 0.500. The van der Waals surface area contributed by atoms with Crippen LogP contribution in [0.1, 0.15) is 36.0 Å². The van der Waals surface area contributed by atoms with E-state index in [1.165, 1.54) is 36.1 Å². The molecule has 0 aliphatic heterocycles. The van der Waals surface area contributed by atoms with E-state index in [0.29, 0.717) is 0 Å². The van der Waals surface area contributed by atoms with E-state index < -0.39 is 0 Å². The second-order valence-corrected chi connectivity index (χ2v) is 5.36. The zero-order valence-corrected chi connectivity index (χ0v) is 10.2. The first-order valence-electron chi connectivity index (χ1n) is 5.90. The highest BCUT2D eigenvalue weighted by Crippen LogP contribution is 2.34. The lowest BCUT2D eigenvalue weighted by molar-refractivity contribution is 0.697. The zero-order chi connectivity index (χ0) is 11.0. The number of fused-ring (bicyclic) bond motifs is 1. The maximum Gasteiger partial charge on any atom is 0.191 e. The molecule has 0 radical (unpaired) electrons. The Kier molecular flexibility index (Phi) is 2.52. The number of hydrogen-bond donors (Lipinski definition) is 1. The Bertz CT molecular complexity index is 475. The summed E-state index contributed by atoms with van der Waals surface area (Å²) in [6.45, 7) is 2.09. The molecule has 0 atom stereocenters. The molecule has 1 aliphatic rings. The van der Waals surface area contributed by atoms with Crippen LogP contribution >= 0.6 is 11.3 Å². The summed E-state index contributed by atoms with van der Waals surface area (Å²) in [6.07, 6.45) is 6.05. The van der Waals surface area contributed by atoms with Crippen LogP contribution in [0, 0.1) is 0 Å². The third kappa shape index (κ3) is 1.67. The van der Waals surface area contributed by atoms with Crippen molar-refractivity contribution in [2.24, 2.45) is 0 Å². The lowest BCUT2D eigenvalue weighted by atomic mass is 9.99. The van der Waals surface area contributed by atoms with E-state index >= 15 is 0 Å². The highest BCUT2D eigenvalue weighted by atomic mass is 32.1. The second kappa shape index (κ2) is 4.01. The molecule has 0 unspecified atom stereocenters. The summed E-state index contributed by atoms with van der Waals surface area (Å²) >= 11 is 1.87. The first kappa shape index (κ1) is 10.0. The molecule has 1 N–H and O–H groups in total. The monoisotopic (exact) mass is 233 g/mol. The molecule has 0 fully saturated rings. The van der Waals surface area contributed by atoms with E-state index in [-0.39, 0.29) is 0 Å². The van der Waals surface area contributed by atoms with Gasteiger partial charge in [-0.2, -0.15) is 5.10 Å². The normalized spacial score (nSPS) is 15.1. The van der Waals surface area contributed by atoms with Crippen LogP contribution in [0.2, 0.25) is 0 Å². The van der Waals surface area contributed by atoms with Gasteiger partial charge in [0.1, 0.15) is 5.82 Å². The number of nitrogens with zero attached hydrogens (tertiary/aromatic N) is 2. The molecule has 1 aliphatic carbocycles. The van der Waals surface area contributed by atoms with Gasteiger partial charge < -0.3 is 0 Å². The minimum atomic E-state index is 0.872. The van der Waals surface area contributed by atoms with E-state index in [1.54, 1.807) is 4.88 Å². The second-order valence-electron chi connectivity index (χ2n) is 4.23. The predicted molar refractivity (Wildman–Crippen MR) is 65.7 cm³/mol. The van der Waals surface area contributed by atoms with E-state index in [1.807, 2.05) is 11.3 Å². The molecule has 0 amide bonds. The summed E-state index contributed by atoms with van der Waals surface area (Å²) in [5, 5.41) is 7.25. The van der Waals surface area contributed by atoms with Crippen molar-refractivity contribution in [2.75, 3.05) is 0 Å². The SMILES string of the molecule is CCc1nc(-c2cc3c(s2)CCCC3)n[nH]1. The topological polar surface area (TPSA) is 41.6 Å². The quantitative estimate of drug-likeness (QED) is 0.866. The third-order valence-corrected chi connectivity index (χ3v) is 4.32. The molecule has 3 rings (SSSR count). The Hall–Kier alpha value is -1.16. The molecule has 2 aromatic heterocycles. The Labute approximate surface area is 98.9 Å². The van der Waals surface area contributed by atoms with Crippen LogP contribution in [0.25, 0.3) is 10.7 Å². The lowest BCUT2D eigenvalue weighted by Crippen LogP contribution is -1.96. The number of aryl methyl sites for hydroxylation is 3. The molecule has 0 saturated carbocycles. The van der Waals surface area contributed by atoms with Crippen molar-refractivity contribution in [1.29, 1.82) is 0 Å². The number of aromatic nitrogens is 3. The zero-order valence-electron chi connectivity index (χ0n) is 9.42. The van der Waals surface area contributed by atoms with Gasteiger partial charge in [0.2, 0.25) is 0 Å². The van der Waals surface area contributed by atoms with Gasteiger partial charge in [0, 0.05) is 11.3 Å². The van der Waals surface area contributed by atoms with Gasteiger partial charge in [0.15, 0.2) is 5.82 Å². The van der Waals surface area contributed by atoms with Gasteiger partial charge in [-0.1, -0.05) is 6.92 Å². The van der Waals surface area contributed by atoms with E-state index in [4.69, 9.17) is 0 Å². The number of thiophene rings is 1. The standard InChI is InChI=1S/C12H15N3S/c1-2-11-13-12(15-14-11)10-7-8-5-3-4-6-9(8)16-10/h7H,2-6H2,1H3,(H,13,14,15). The summed E-state index contributed by atoms with van der Waals surface area (Å²) in [6, 6.07) is 2.28. The smallest absolute Gasteiger partial charge is 0.191 e. The van der Waals surface area contributed by atoms with Crippen LogP contribution in [-0.2, 0) is 19.3 Å². The molecule has 84 valence electrons. The van der Waals surface area contributed by atoms with Gasteiger partial charge in [-0.3, -0.25) is 5.10 Å². The van der Waals surface area contributed by atoms with Crippen molar-refractivity contribution in [3.05, 3.63) is 22.3 Å². The average molecular weight is 233 g/mol. The summed E-state index contributed by atoms with van der Waals surface area (Å²) in [5.74, 6) is 1.85. The first-order valence-corrected chi connectivity index (χ1v) is 6.71. The number of aromatic amines is 1. The molecule has 2 aromatic rings. The Morgan fingerprint density at radius 1 is 1.38 bits per heavy atom. The predicted octanol–water partition coefficient (Wildman–Crippen LogP) is 2.97. The molecule has 16 heavy (non-hydrogen) atoms. The van der Waals surface area contributed by atoms with Gasteiger partial charge in [-0.15, -0.1) is 11.3 Å². The highest BCUT2D eigenvalue weighted by molar-refractivity contribution is 7.15. The fourth-order valence-electron chi connectivity index (χ4n) is 2.16. The van der Waals surface area contributed by atoms with Crippen LogP contribution in [0.4, 0.5) is 0 Å². The number of hydrogen-bond acceptors (Lipinski definition) is 3. The van der Waals surface area contributed by atoms with Crippen molar-refractivity contribution in [3.63, 3.8) is 0 Å². The highest BCUT2D eigenvalue weighted by Gasteiger charge is 2.16. The van der Waals surface area contributed by atoms with Crippen LogP contribution < -0.4 is 0 Å². The molecule has 4 heteroatoms. The van der Waals surface area contributed by atoms with E-state index in [9.17, 15) is 0 Å². The molecule has 0 bridgehead atoms. The summed E-state index contributed by atoms with van der Waals surface area (Å²) < 4.78 is 0. The Balaban J connectivity index is 1.96.